The van der Waals surface area contributed by atoms with Crippen LogP contribution in [0.15, 0.2) is 33.7 Å². The number of aromatic nitrogens is 2. The molecule has 3 rings (SSSR count). The van der Waals surface area contributed by atoms with Gasteiger partial charge in [-0.3, -0.25) is 18.9 Å². The normalized spacial score (nSPS) is 13.1. The Hall–Kier alpha value is -2.77. The predicted octanol–water partition coefficient (Wildman–Crippen LogP) is 1.25. The van der Waals surface area contributed by atoms with E-state index in [0.717, 1.165) is 31.3 Å². The molecule has 5 N–H and O–H groups in total. The Kier molecular flexibility index (Phi) is 6.68. The Balaban J connectivity index is 2.58. The van der Waals surface area contributed by atoms with Crippen molar-refractivity contribution in [1.29, 1.82) is 5.26 Å². The predicted molar refractivity (Wildman–Crippen MR) is 112 cm³/mol. The average molecular weight is 566 g/mol. The molecular weight excluding hydrogens is 553 g/mol. The highest BCUT2D eigenvalue weighted by Crippen LogP contribution is 2.36. The van der Waals surface area contributed by atoms with Crippen molar-refractivity contribution in [2.24, 2.45) is 4.99 Å². The third kappa shape index (κ3) is 3.91. The van der Waals surface area contributed by atoms with Crippen molar-refractivity contribution >= 4 is 44.3 Å². The van der Waals surface area contributed by atoms with Gasteiger partial charge in [-0.05, 0) is 40.2 Å². The summed E-state index contributed by atoms with van der Waals surface area (Å²) in [7, 11) is 0.924. The number of nitrogens with zero attached hydrogens (tertiary/aromatic N) is 4. The molecule has 180 valence electrons. The van der Waals surface area contributed by atoms with Crippen LogP contribution in [0, 0.1) is 17.1 Å². The second kappa shape index (κ2) is 8.78. The van der Waals surface area contributed by atoms with Gasteiger partial charge in [-0.2, -0.15) is 14.0 Å². The number of imidazole rings is 1. The van der Waals surface area contributed by atoms with Crippen molar-refractivity contribution < 1.29 is 43.5 Å². The number of hydrogen-bond donors (Lipinski definition) is 5. The molecule has 0 unspecified atom stereocenters. The highest BCUT2D eigenvalue weighted by Gasteiger charge is 2.51. The number of aliphatic hydroxyl groups is 5. The van der Waals surface area contributed by atoms with Gasteiger partial charge in [0, 0.05) is 17.1 Å². The lowest BCUT2D eigenvalue weighted by molar-refractivity contribution is -0.480. The molecule has 0 atom stereocenters. The Morgan fingerprint density at radius 2 is 1.85 bits per heavy atom. The van der Waals surface area contributed by atoms with Crippen molar-refractivity contribution in [1.82, 2.24) is 9.13 Å². The summed E-state index contributed by atoms with van der Waals surface area (Å²) in [6, 6.07) is 5.23. The molecule has 15 heteroatoms. The second-order valence-corrected chi connectivity index (χ2v) is 8.08. The molecule has 1 heterocycles. The standard InChI is InChI=1S/C19H13BrClF3N4O6/c1-26-17-27(16(23)24)14-9(6-25)13(15(29)8-4-7(22)2-3-11(8)21)10(20)5-12(14)28(17)18(30,31)19(32,33)34/h2-5,16,30-34H,1H3. The molecule has 3 aromatic rings. The van der Waals surface area contributed by atoms with Gasteiger partial charge in [0.25, 0.3) is 0 Å². The van der Waals surface area contributed by atoms with Crippen LogP contribution in [0.2, 0.25) is 5.02 Å². The first kappa shape index (κ1) is 25.8. The summed E-state index contributed by atoms with van der Waals surface area (Å²) in [5.74, 6) is -10.2. The lowest BCUT2D eigenvalue weighted by Crippen LogP contribution is -2.59. The van der Waals surface area contributed by atoms with E-state index in [-0.39, 0.29) is 18.6 Å². The summed E-state index contributed by atoms with van der Waals surface area (Å²) in [5.41, 5.74) is -4.21. The largest absolute Gasteiger partial charge is 0.355 e. The van der Waals surface area contributed by atoms with Gasteiger partial charge in [-0.15, -0.1) is 0 Å². The Morgan fingerprint density at radius 1 is 1.24 bits per heavy atom. The van der Waals surface area contributed by atoms with Crippen LogP contribution >= 0.6 is 27.5 Å². The van der Waals surface area contributed by atoms with Crippen LogP contribution in [0.5, 0.6) is 0 Å². The third-order valence-corrected chi connectivity index (χ3v) is 5.75. The van der Waals surface area contributed by atoms with E-state index in [1.54, 1.807) is 6.07 Å². The number of fused-ring (bicyclic) bond motifs is 1. The highest BCUT2D eigenvalue weighted by molar-refractivity contribution is 9.10. The maximum absolute atomic E-state index is 14.1. The first-order chi connectivity index (χ1) is 15.7. The van der Waals surface area contributed by atoms with E-state index in [0.29, 0.717) is 0 Å². The monoisotopic (exact) mass is 564 g/mol. The molecule has 0 aliphatic carbocycles. The summed E-state index contributed by atoms with van der Waals surface area (Å²) in [6.07, 6.45) is 0. The van der Waals surface area contributed by atoms with Gasteiger partial charge in [0.1, 0.15) is 11.9 Å². The number of carbonyl (C=O) groups excluding carboxylic acids is 1. The number of hydrogen-bond acceptors (Lipinski definition) is 8. The Morgan fingerprint density at radius 3 is 2.35 bits per heavy atom. The van der Waals surface area contributed by atoms with Crippen LogP contribution in [0.1, 0.15) is 28.0 Å². The number of benzene rings is 2. The van der Waals surface area contributed by atoms with Crippen molar-refractivity contribution in [3.8, 4) is 6.07 Å². The minimum Gasteiger partial charge on any atom is -0.342 e. The average Bonchev–Trinajstić information content (AvgIpc) is 3.07. The second-order valence-electron chi connectivity index (χ2n) is 6.82. The molecule has 34 heavy (non-hydrogen) atoms. The topological polar surface area (TPSA) is 164 Å². The van der Waals surface area contributed by atoms with E-state index in [1.165, 1.54) is 0 Å². The van der Waals surface area contributed by atoms with Gasteiger partial charge >= 0.3 is 18.4 Å². The van der Waals surface area contributed by atoms with Crippen molar-refractivity contribution in [2.45, 2.75) is 18.4 Å². The smallest absolute Gasteiger partial charge is 0.342 e. The molecule has 1 aromatic heterocycles. The highest BCUT2D eigenvalue weighted by atomic mass is 79.9. The van der Waals surface area contributed by atoms with Crippen LogP contribution in [0.25, 0.3) is 11.0 Å². The number of nitriles is 1. The summed E-state index contributed by atoms with van der Waals surface area (Å²) < 4.78 is 41.7. The van der Waals surface area contributed by atoms with Gasteiger partial charge in [0.05, 0.1) is 27.2 Å². The van der Waals surface area contributed by atoms with Gasteiger partial charge < -0.3 is 25.5 Å². The Bertz CT molecular complexity index is 1440. The number of carbonyl (C=O) groups is 1. The SMILES string of the molecule is CN=c1n(C(F)F)c2c(C#N)c(C(=O)c3cc(F)ccc3Cl)c(Br)cc2n1C(O)(O)C(O)(O)O. The molecule has 10 nitrogen and oxygen atoms in total. The van der Waals surface area contributed by atoms with Crippen LogP contribution in [0.3, 0.4) is 0 Å². The van der Waals surface area contributed by atoms with Gasteiger partial charge in [-0.1, -0.05) is 11.6 Å². The first-order valence-corrected chi connectivity index (χ1v) is 10.1. The van der Waals surface area contributed by atoms with Crippen LogP contribution in [0.4, 0.5) is 13.2 Å². The molecule has 2 aromatic carbocycles. The van der Waals surface area contributed by atoms with Crippen molar-refractivity contribution in [3.05, 3.63) is 61.9 Å². The fourth-order valence-corrected chi connectivity index (χ4v) is 4.14. The minimum atomic E-state index is -4.29. The molecule has 0 bridgehead atoms. The lowest BCUT2D eigenvalue weighted by atomic mass is 9.97. The molecular formula is C19H13BrClF3N4O6. The third-order valence-electron chi connectivity index (χ3n) is 4.80. The maximum Gasteiger partial charge on any atom is 0.355 e. The van der Waals surface area contributed by atoms with E-state index in [9.17, 15) is 48.8 Å². The minimum absolute atomic E-state index is 0.00276. The van der Waals surface area contributed by atoms with Crippen LogP contribution < -0.4 is 5.62 Å². The van der Waals surface area contributed by atoms with E-state index in [4.69, 9.17) is 11.6 Å². The molecule has 0 amide bonds. The molecule has 0 aliphatic rings. The molecule has 0 fully saturated rings. The summed E-state index contributed by atoms with van der Waals surface area (Å²) in [6.45, 7) is -3.52. The van der Waals surface area contributed by atoms with Gasteiger partial charge in [-0.25, -0.2) is 4.39 Å². The van der Waals surface area contributed by atoms with E-state index < -0.39 is 63.4 Å². The van der Waals surface area contributed by atoms with Crippen molar-refractivity contribution in [3.63, 3.8) is 0 Å². The maximum atomic E-state index is 14.1. The molecule has 0 spiro atoms. The summed E-state index contributed by atoms with van der Waals surface area (Å²) in [5, 5.41) is 58.4. The molecule has 0 saturated heterocycles. The number of alkyl halides is 2. The Labute approximate surface area is 200 Å². The summed E-state index contributed by atoms with van der Waals surface area (Å²) in [4.78, 5) is 16.7. The zero-order chi connectivity index (χ0) is 25.7. The van der Waals surface area contributed by atoms with Gasteiger partial charge in [0.15, 0.2) is 5.78 Å². The molecule has 0 radical (unpaired) electrons. The summed E-state index contributed by atoms with van der Waals surface area (Å²) >= 11 is 8.97. The lowest BCUT2D eigenvalue weighted by Gasteiger charge is -2.31. The zero-order valence-electron chi connectivity index (χ0n) is 16.7. The van der Waals surface area contributed by atoms with E-state index >= 15 is 0 Å². The first-order valence-electron chi connectivity index (χ1n) is 8.91. The number of halogens is 5. The zero-order valence-corrected chi connectivity index (χ0v) is 19.1. The van der Waals surface area contributed by atoms with Crippen molar-refractivity contribution in [2.75, 3.05) is 7.05 Å². The van der Waals surface area contributed by atoms with Gasteiger partial charge in [0.2, 0.25) is 5.62 Å². The number of ketones is 1. The quantitative estimate of drug-likeness (QED) is 0.230. The molecule has 0 aliphatic heterocycles. The van der Waals surface area contributed by atoms with E-state index in [2.05, 4.69) is 20.9 Å². The van der Waals surface area contributed by atoms with E-state index in [1.807, 2.05) is 0 Å². The van der Waals surface area contributed by atoms with Crippen LogP contribution in [-0.4, -0.2) is 53.5 Å². The fourth-order valence-electron chi connectivity index (χ4n) is 3.34. The number of rotatable bonds is 5. The molecule has 0 saturated carbocycles. The fraction of sp³-hybridized carbons (Fsp3) is 0.211. The van der Waals surface area contributed by atoms with Crippen LogP contribution in [-0.2, 0) is 5.91 Å².